The molecule has 7 heteroatoms. The summed E-state index contributed by atoms with van der Waals surface area (Å²) in [5, 5.41) is 2.83. The molecule has 0 radical (unpaired) electrons. The number of rotatable bonds is 4. The number of ether oxygens (including phenoxy) is 2. The first kappa shape index (κ1) is 19.6. The third-order valence-electron chi connectivity index (χ3n) is 4.87. The molecule has 0 amide bonds. The van der Waals surface area contributed by atoms with E-state index in [1.807, 2.05) is 60.7 Å². The number of nitrogens with zero attached hydrogens (tertiary/aromatic N) is 2. The molecule has 3 aromatic carbocycles. The van der Waals surface area contributed by atoms with Crippen LogP contribution in [0.3, 0.4) is 0 Å². The summed E-state index contributed by atoms with van der Waals surface area (Å²) >= 11 is 7.80. The number of hydrogen-bond donors (Lipinski definition) is 0. The molecule has 2 heterocycles. The van der Waals surface area contributed by atoms with Crippen molar-refractivity contribution in [3.8, 4) is 22.8 Å². The maximum absolute atomic E-state index is 6.26. The van der Waals surface area contributed by atoms with Gasteiger partial charge in [0.05, 0.1) is 29.8 Å². The van der Waals surface area contributed by atoms with Gasteiger partial charge in [0.2, 0.25) is 5.13 Å². The number of benzene rings is 3. The van der Waals surface area contributed by atoms with Crippen molar-refractivity contribution in [3.63, 3.8) is 0 Å². The Kier molecular flexibility index (Phi) is 5.10. The summed E-state index contributed by atoms with van der Waals surface area (Å²) in [5.74, 6) is 1.92. The second-order valence-electron chi connectivity index (χ2n) is 6.78. The standard InChI is InChI=1S/C24H17ClN2O3S/c1-28-20-9-7-14(11-22(20)29-2)21-13-18(16-12-15(25)8-10-19(16)30-21)27-24-26-17-5-3-4-6-23(17)31-24/h3-13H,1-2H3. The van der Waals surface area contributed by atoms with Crippen LogP contribution in [0.1, 0.15) is 0 Å². The van der Waals surface area contributed by atoms with E-state index in [2.05, 4.69) is 4.98 Å². The van der Waals surface area contributed by atoms with Gasteiger partial charge in [-0.3, -0.25) is 0 Å². The van der Waals surface area contributed by atoms with Gasteiger partial charge >= 0.3 is 0 Å². The Morgan fingerprint density at radius 2 is 1.77 bits per heavy atom. The van der Waals surface area contributed by atoms with Crippen LogP contribution in [0.4, 0.5) is 5.13 Å². The zero-order valence-electron chi connectivity index (χ0n) is 16.8. The highest BCUT2D eigenvalue weighted by molar-refractivity contribution is 7.21. The average Bonchev–Trinajstić information content (AvgIpc) is 3.21. The molecule has 31 heavy (non-hydrogen) atoms. The van der Waals surface area contributed by atoms with Gasteiger partial charge in [-0.1, -0.05) is 35.1 Å². The van der Waals surface area contributed by atoms with Crippen LogP contribution in [0.2, 0.25) is 5.02 Å². The molecule has 0 aliphatic carbocycles. The molecule has 5 aromatic rings. The molecule has 0 bridgehead atoms. The lowest BCUT2D eigenvalue weighted by molar-refractivity contribution is 0.355. The molecular formula is C24H17ClN2O3S. The Morgan fingerprint density at radius 3 is 2.58 bits per heavy atom. The number of hydrogen-bond acceptors (Lipinski definition) is 6. The highest BCUT2D eigenvalue weighted by Gasteiger charge is 2.11. The van der Waals surface area contributed by atoms with Crippen LogP contribution < -0.4 is 14.8 Å². The first-order valence-corrected chi connectivity index (χ1v) is 10.7. The second kappa shape index (κ2) is 8.06. The highest BCUT2D eigenvalue weighted by Crippen LogP contribution is 2.33. The quantitative estimate of drug-likeness (QED) is 0.310. The molecule has 5 nitrogen and oxygen atoms in total. The molecule has 0 unspecified atom stereocenters. The zero-order chi connectivity index (χ0) is 21.4. The summed E-state index contributed by atoms with van der Waals surface area (Å²) in [4.78, 5) is 9.48. The van der Waals surface area contributed by atoms with Gasteiger partial charge in [0.1, 0.15) is 11.3 Å². The van der Waals surface area contributed by atoms with Crippen molar-refractivity contribution >= 4 is 49.3 Å². The van der Waals surface area contributed by atoms with E-state index in [0.717, 1.165) is 26.5 Å². The highest BCUT2D eigenvalue weighted by atomic mass is 35.5. The molecular weight excluding hydrogens is 432 g/mol. The van der Waals surface area contributed by atoms with E-state index in [9.17, 15) is 0 Å². The average molecular weight is 449 g/mol. The van der Waals surface area contributed by atoms with E-state index >= 15 is 0 Å². The maximum Gasteiger partial charge on any atom is 0.210 e. The molecule has 2 aromatic heterocycles. The Bertz CT molecular complexity index is 1460. The van der Waals surface area contributed by atoms with E-state index in [-0.39, 0.29) is 0 Å². The predicted molar refractivity (Wildman–Crippen MR) is 125 cm³/mol. The van der Waals surface area contributed by atoms with Crippen LogP contribution in [-0.2, 0) is 0 Å². The molecule has 0 spiro atoms. The van der Waals surface area contributed by atoms with Gasteiger partial charge in [-0.25, -0.2) is 9.98 Å². The van der Waals surface area contributed by atoms with E-state index in [1.54, 1.807) is 20.3 Å². The SMILES string of the molecule is COc1ccc(-c2cc(=Nc3nc4ccccc4s3)c3cc(Cl)ccc3o2)cc1OC. The lowest BCUT2D eigenvalue weighted by Gasteiger charge is -2.10. The van der Waals surface area contributed by atoms with Gasteiger partial charge in [0.15, 0.2) is 11.5 Å². The fourth-order valence-corrected chi connectivity index (χ4v) is 4.40. The van der Waals surface area contributed by atoms with E-state index in [1.165, 1.54) is 11.3 Å². The largest absolute Gasteiger partial charge is 0.493 e. The lowest BCUT2D eigenvalue weighted by atomic mass is 10.1. The molecule has 0 saturated carbocycles. The van der Waals surface area contributed by atoms with Gasteiger partial charge in [-0.15, -0.1) is 0 Å². The zero-order valence-corrected chi connectivity index (χ0v) is 18.3. The van der Waals surface area contributed by atoms with Crippen molar-refractivity contribution in [2.75, 3.05) is 14.2 Å². The summed E-state index contributed by atoms with van der Waals surface area (Å²) in [7, 11) is 3.21. The third kappa shape index (κ3) is 3.76. The molecule has 0 fully saturated rings. The normalized spacial score (nSPS) is 11.9. The number of methoxy groups -OCH3 is 2. The van der Waals surface area contributed by atoms with Crippen molar-refractivity contribution in [1.82, 2.24) is 4.98 Å². The minimum absolute atomic E-state index is 0.613. The van der Waals surface area contributed by atoms with Crippen LogP contribution in [0.15, 0.2) is 76.1 Å². The van der Waals surface area contributed by atoms with Gasteiger partial charge in [0, 0.05) is 22.0 Å². The first-order valence-electron chi connectivity index (χ1n) is 9.51. The molecule has 0 atom stereocenters. The molecule has 0 aliphatic rings. The third-order valence-corrected chi connectivity index (χ3v) is 6.04. The number of para-hydroxylation sites is 1. The summed E-state index contributed by atoms with van der Waals surface area (Å²) in [6.45, 7) is 0. The second-order valence-corrected chi connectivity index (χ2v) is 8.23. The maximum atomic E-state index is 6.26. The van der Waals surface area contributed by atoms with Crippen molar-refractivity contribution in [1.29, 1.82) is 0 Å². The predicted octanol–water partition coefficient (Wildman–Crippen LogP) is 6.61. The first-order chi connectivity index (χ1) is 15.1. The Morgan fingerprint density at radius 1 is 0.935 bits per heavy atom. The van der Waals surface area contributed by atoms with Gasteiger partial charge in [-0.2, -0.15) is 0 Å². The van der Waals surface area contributed by atoms with Crippen molar-refractivity contribution in [2.45, 2.75) is 0 Å². The van der Waals surface area contributed by atoms with Gasteiger partial charge in [0.25, 0.3) is 0 Å². The summed E-state index contributed by atoms with van der Waals surface area (Å²) in [6.07, 6.45) is 0. The molecule has 154 valence electrons. The number of thiazole rings is 1. The van der Waals surface area contributed by atoms with Crippen LogP contribution >= 0.6 is 22.9 Å². The van der Waals surface area contributed by atoms with Crippen molar-refractivity contribution < 1.29 is 13.9 Å². The van der Waals surface area contributed by atoms with Crippen LogP contribution in [0.5, 0.6) is 11.5 Å². The number of halogens is 1. The summed E-state index contributed by atoms with van der Waals surface area (Å²) in [5.41, 5.74) is 2.45. The summed E-state index contributed by atoms with van der Waals surface area (Å²) < 4.78 is 18.1. The van der Waals surface area contributed by atoms with Crippen LogP contribution in [0, 0.1) is 0 Å². The van der Waals surface area contributed by atoms with Gasteiger partial charge < -0.3 is 13.9 Å². The lowest BCUT2D eigenvalue weighted by Crippen LogP contribution is -2.03. The topological polar surface area (TPSA) is 56.9 Å². The minimum Gasteiger partial charge on any atom is -0.493 e. The summed E-state index contributed by atoms with van der Waals surface area (Å²) in [6, 6.07) is 21.0. The van der Waals surface area contributed by atoms with E-state index < -0.39 is 0 Å². The number of aromatic nitrogens is 1. The van der Waals surface area contributed by atoms with E-state index in [0.29, 0.717) is 33.0 Å². The van der Waals surface area contributed by atoms with Crippen molar-refractivity contribution in [3.05, 3.63) is 77.1 Å². The van der Waals surface area contributed by atoms with E-state index in [4.69, 9.17) is 30.5 Å². The van der Waals surface area contributed by atoms with Crippen molar-refractivity contribution in [2.24, 2.45) is 4.99 Å². The Hall–Kier alpha value is -3.35. The molecule has 0 aliphatic heterocycles. The molecule has 0 saturated heterocycles. The van der Waals surface area contributed by atoms with Crippen LogP contribution in [-0.4, -0.2) is 19.2 Å². The van der Waals surface area contributed by atoms with Crippen LogP contribution in [0.25, 0.3) is 32.5 Å². The Balaban J connectivity index is 1.74. The minimum atomic E-state index is 0.613. The monoisotopic (exact) mass is 448 g/mol. The fraction of sp³-hybridized carbons (Fsp3) is 0.0833. The number of fused-ring (bicyclic) bond motifs is 2. The molecule has 0 N–H and O–H groups in total. The smallest absolute Gasteiger partial charge is 0.210 e. The molecule has 5 rings (SSSR count). The fourth-order valence-electron chi connectivity index (χ4n) is 3.38. The van der Waals surface area contributed by atoms with Gasteiger partial charge in [-0.05, 0) is 48.5 Å². The Labute approximate surface area is 187 Å².